The highest BCUT2D eigenvalue weighted by Crippen LogP contribution is 2.23. The molecule has 0 spiro atoms. The van der Waals surface area contributed by atoms with Crippen LogP contribution in [0.5, 0.6) is 0 Å². The Hall–Kier alpha value is -2.43. The van der Waals surface area contributed by atoms with Crippen molar-refractivity contribution >= 4 is 11.7 Å². The molecule has 2 aliphatic rings. The number of aromatic nitrogens is 2. The minimum absolute atomic E-state index is 0.115. The SMILES string of the molecule is O=C(Cc1ccc2c(c1)CCC2)NC1CCCN(c2cccnn2)C1. The maximum absolute atomic E-state index is 12.5. The first-order valence-corrected chi connectivity index (χ1v) is 9.20. The van der Waals surface area contributed by atoms with Gasteiger partial charge in [0.05, 0.1) is 6.42 Å². The summed E-state index contributed by atoms with van der Waals surface area (Å²) in [6, 6.07) is 10.6. The van der Waals surface area contributed by atoms with E-state index in [0.717, 1.165) is 43.7 Å². The van der Waals surface area contributed by atoms with Crippen LogP contribution in [0.1, 0.15) is 36.0 Å². The standard InChI is InChI=1S/C20H24N4O/c25-20(13-15-8-9-16-4-1-5-17(16)12-15)22-18-6-3-11-24(14-18)19-7-2-10-21-23-19/h2,7-10,12,18H,1,3-6,11,13-14H2,(H,22,25). The van der Waals surface area contributed by atoms with Crippen molar-refractivity contribution < 1.29 is 4.79 Å². The number of aryl methyl sites for hydroxylation is 2. The molecule has 1 saturated heterocycles. The van der Waals surface area contributed by atoms with Crippen molar-refractivity contribution in [2.45, 2.75) is 44.6 Å². The molecule has 5 heteroatoms. The molecule has 1 fully saturated rings. The highest BCUT2D eigenvalue weighted by Gasteiger charge is 2.22. The van der Waals surface area contributed by atoms with Gasteiger partial charge in [-0.3, -0.25) is 4.79 Å². The zero-order valence-electron chi connectivity index (χ0n) is 14.4. The average Bonchev–Trinajstić information content (AvgIpc) is 3.10. The summed E-state index contributed by atoms with van der Waals surface area (Å²) in [7, 11) is 0. The number of hydrogen-bond donors (Lipinski definition) is 1. The fourth-order valence-corrected chi connectivity index (χ4v) is 3.96. The van der Waals surface area contributed by atoms with Gasteiger partial charge in [0.15, 0.2) is 5.82 Å². The number of anilines is 1. The number of amides is 1. The minimum Gasteiger partial charge on any atom is -0.353 e. The lowest BCUT2D eigenvalue weighted by Crippen LogP contribution is -2.48. The van der Waals surface area contributed by atoms with Gasteiger partial charge in [-0.25, -0.2) is 0 Å². The molecule has 4 rings (SSSR count). The maximum atomic E-state index is 12.5. The predicted octanol–water partition coefficient (Wildman–Crippen LogP) is 2.29. The lowest BCUT2D eigenvalue weighted by Gasteiger charge is -2.33. The lowest BCUT2D eigenvalue weighted by atomic mass is 10.0. The number of rotatable bonds is 4. The minimum atomic E-state index is 0.115. The first kappa shape index (κ1) is 16.1. The van der Waals surface area contributed by atoms with E-state index < -0.39 is 0 Å². The Kier molecular flexibility index (Phi) is 4.63. The molecular weight excluding hydrogens is 312 g/mol. The molecule has 25 heavy (non-hydrogen) atoms. The molecule has 1 N–H and O–H groups in total. The van der Waals surface area contributed by atoms with Crippen LogP contribution in [0, 0.1) is 0 Å². The van der Waals surface area contributed by atoms with Gasteiger partial charge in [0.1, 0.15) is 0 Å². The first-order chi connectivity index (χ1) is 12.3. The lowest BCUT2D eigenvalue weighted by molar-refractivity contribution is -0.121. The van der Waals surface area contributed by atoms with E-state index in [1.807, 2.05) is 12.1 Å². The summed E-state index contributed by atoms with van der Waals surface area (Å²) in [5, 5.41) is 11.3. The van der Waals surface area contributed by atoms with Gasteiger partial charge < -0.3 is 10.2 Å². The third-order valence-corrected chi connectivity index (χ3v) is 5.20. The van der Waals surface area contributed by atoms with E-state index in [1.54, 1.807) is 6.20 Å². The van der Waals surface area contributed by atoms with E-state index in [1.165, 1.54) is 24.0 Å². The number of nitrogens with zero attached hydrogens (tertiary/aromatic N) is 3. The zero-order valence-corrected chi connectivity index (χ0v) is 14.4. The number of hydrogen-bond acceptors (Lipinski definition) is 4. The molecule has 0 radical (unpaired) electrons. The van der Waals surface area contributed by atoms with Gasteiger partial charge in [-0.1, -0.05) is 18.2 Å². The second-order valence-corrected chi connectivity index (χ2v) is 7.07. The van der Waals surface area contributed by atoms with E-state index in [0.29, 0.717) is 6.42 Å². The summed E-state index contributed by atoms with van der Waals surface area (Å²) in [5.41, 5.74) is 4.01. The Morgan fingerprint density at radius 3 is 3.00 bits per heavy atom. The Bertz CT molecular complexity index is 747. The van der Waals surface area contributed by atoms with E-state index in [4.69, 9.17) is 0 Å². The monoisotopic (exact) mass is 336 g/mol. The van der Waals surface area contributed by atoms with Crippen molar-refractivity contribution in [2.24, 2.45) is 0 Å². The quantitative estimate of drug-likeness (QED) is 0.931. The molecule has 1 amide bonds. The molecule has 1 unspecified atom stereocenters. The topological polar surface area (TPSA) is 58.1 Å². The summed E-state index contributed by atoms with van der Waals surface area (Å²) < 4.78 is 0. The normalized spacial score (nSPS) is 19.5. The van der Waals surface area contributed by atoms with Crippen LogP contribution in [0.2, 0.25) is 0 Å². The van der Waals surface area contributed by atoms with Crippen molar-refractivity contribution in [3.05, 3.63) is 53.2 Å². The number of nitrogens with one attached hydrogen (secondary N) is 1. The van der Waals surface area contributed by atoms with Crippen LogP contribution in [0.25, 0.3) is 0 Å². The van der Waals surface area contributed by atoms with Gasteiger partial charge in [-0.2, -0.15) is 5.10 Å². The Balaban J connectivity index is 1.34. The average molecular weight is 336 g/mol. The van der Waals surface area contributed by atoms with Gasteiger partial charge in [0.25, 0.3) is 0 Å². The molecule has 2 heterocycles. The molecule has 130 valence electrons. The molecule has 1 aliphatic carbocycles. The van der Waals surface area contributed by atoms with Crippen LogP contribution in [0.4, 0.5) is 5.82 Å². The third-order valence-electron chi connectivity index (χ3n) is 5.20. The second-order valence-electron chi connectivity index (χ2n) is 7.07. The molecule has 0 saturated carbocycles. The Morgan fingerprint density at radius 1 is 1.20 bits per heavy atom. The van der Waals surface area contributed by atoms with Gasteiger partial charge in [0, 0.05) is 25.3 Å². The number of piperidine rings is 1. The van der Waals surface area contributed by atoms with Crippen LogP contribution in [-0.2, 0) is 24.1 Å². The molecule has 1 aromatic heterocycles. The van der Waals surface area contributed by atoms with E-state index in [-0.39, 0.29) is 11.9 Å². The van der Waals surface area contributed by atoms with E-state index >= 15 is 0 Å². The van der Waals surface area contributed by atoms with Gasteiger partial charge >= 0.3 is 0 Å². The van der Waals surface area contributed by atoms with Crippen LogP contribution in [0.15, 0.2) is 36.5 Å². The van der Waals surface area contributed by atoms with Gasteiger partial charge in [-0.05, 0) is 60.9 Å². The van der Waals surface area contributed by atoms with Crippen molar-refractivity contribution in [3.63, 3.8) is 0 Å². The molecule has 2 aromatic rings. The van der Waals surface area contributed by atoms with Crippen LogP contribution < -0.4 is 10.2 Å². The Morgan fingerprint density at radius 2 is 2.12 bits per heavy atom. The predicted molar refractivity (Wildman–Crippen MR) is 97.6 cm³/mol. The van der Waals surface area contributed by atoms with Crippen molar-refractivity contribution in [1.82, 2.24) is 15.5 Å². The first-order valence-electron chi connectivity index (χ1n) is 9.20. The summed E-state index contributed by atoms with van der Waals surface area (Å²) in [6.07, 6.45) is 7.80. The van der Waals surface area contributed by atoms with Gasteiger partial charge in [0.2, 0.25) is 5.91 Å². The highest BCUT2D eigenvalue weighted by molar-refractivity contribution is 5.79. The summed E-state index contributed by atoms with van der Waals surface area (Å²) in [6.45, 7) is 1.77. The zero-order chi connectivity index (χ0) is 17.1. The van der Waals surface area contributed by atoms with Crippen LogP contribution in [0.3, 0.4) is 0 Å². The molecular formula is C20H24N4O. The maximum Gasteiger partial charge on any atom is 0.224 e. The van der Waals surface area contributed by atoms with Crippen LogP contribution >= 0.6 is 0 Å². The number of carbonyl (C=O) groups excluding carboxylic acids is 1. The smallest absolute Gasteiger partial charge is 0.224 e. The molecule has 1 aromatic carbocycles. The van der Waals surface area contributed by atoms with Crippen molar-refractivity contribution in [3.8, 4) is 0 Å². The fraction of sp³-hybridized carbons (Fsp3) is 0.450. The van der Waals surface area contributed by atoms with E-state index in [2.05, 4.69) is 38.6 Å². The number of carbonyl (C=O) groups is 1. The molecule has 1 atom stereocenters. The van der Waals surface area contributed by atoms with Crippen LogP contribution in [-0.4, -0.2) is 35.2 Å². The third kappa shape index (κ3) is 3.81. The largest absolute Gasteiger partial charge is 0.353 e. The number of benzene rings is 1. The fourth-order valence-electron chi connectivity index (χ4n) is 3.96. The molecule has 1 aliphatic heterocycles. The van der Waals surface area contributed by atoms with Crippen molar-refractivity contribution in [1.29, 1.82) is 0 Å². The van der Waals surface area contributed by atoms with Gasteiger partial charge in [-0.15, -0.1) is 5.10 Å². The summed E-state index contributed by atoms with van der Waals surface area (Å²) in [4.78, 5) is 14.7. The molecule has 5 nitrogen and oxygen atoms in total. The highest BCUT2D eigenvalue weighted by atomic mass is 16.1. The Labute approximate surface area is 148 Å². The molecule has 0 bridgehead atoms. The van der Waals surface area contributed by atoms with E-state index in [9.17, 15) is 4.79 Å². The van der Waals surface area contributed by atoms with Crippen molar-refractivity contribution in [2.75, 3.05) is 18.0 Å². The second kappa shape index (κ2) is 7.21. The summed E-state index contributed by atoms with van der Waals surface area (Å²) >= 11 is 0. The summed E-state index contributed by atoms with van der Waals surface area (Å²) in [5.74, 6) is 1.00. The number of fused-ring (bicyclic) bond motifs is 1.